The lowest BCUT2D eigenvalue weighted by atomic mass is 9.99. The van der Waals surface area contributed by atoms with E-state index < -0.39 is 5.97 Å². The van der Waals surface area contributed by atoms with Crippen LogP contribution in [0.2, 0.25) is 0 Å². The smallest absolute Gasteiger partial charge is 0.339 e. The van der Waals surface area contributed by atoms with Gasteiger partial charge in [0.25, 0.3) is 0 Å². The van der Waals surface area contributed by atoms with Crippen molar-refractivity contribution in [2.75, 3.05) is 7.11 Å². The number of carboxylic acid groups (broad SMARTS) is 1. The second-order valence-corrected chi connectivity index (χ2v) is 5.62. The Bertz CT molecular complexity index is 726. The molecule has 6 heteroatoms. The maximum Gasteiger partial charge on any atom is 0.339 e. The van der Waals surface area contributed by atoms with Crippen molar-refractivity contribution >= 4 is 27.5 Å². The number of pyridine rings is 1. The lowest BCUT2D eigenvalue weighted by Gasteiger charge is -2.13. The summed E-state index contributed by atoms with van der Waals surface area (Å²) in [5.74, 6) is -0.238. The predicted octanol–water partition coefficient (Wildman–Crippen LogP) is 3.89. The first-order valence-electron chi connectivity index (χ1n) is 6.83. The van der Waals surface area contributed by atoms with Gasteiger partial charge in [-0.15, -0.1) is 0 Å². The molecule has 1 aromatic carbocycles. The van der Waals surface area contributed by atoms with Crippen molar-refractivity contribution in [3.63, 3.8) is 0 Å². The summed E-state index contributed by atoms with van der Waals surface area (Å²) in [6, 6.07) is 10.7. The van der Waals surface area contributed by atoms with Gasteiger partial charge >= 0.3 is 5.97 Å². The molecule has 0 atom stereocenters. The Morgan fingerprint density at radius 3 is 2.61 bits per heavy atom. The summed E-state index contributed by atoms with van der Waals surface area (Å²) in [5.41, 5.74) is 1.43. The first-order chi connectivity index (χ1) is 11.0. The van der Waals surface area contributed by atoms with Crippen LogP contribution in [0.4, 0.5) is 0 Å². The molecular formula is C17H16BrNO4. The third-order valence-corrected chi connectivity index (χ3v) is 3.70. The number of hydrogen-bond donors (Lipinski definition) is 1. The Balaban J connectivity index is 2.30. The molecule has 120 valence electrons. The van der Waals surface area contributed by atoms with Crippen molar-refractivity contribution < 1.29 is 19.4 Å². The van der Waals surface area contributed by atoms with E-state index in [-0.39, 0.29) is 12.2 Å². The second kappa shape index (κ2) is 7.78. The van der Waals surface area contributed by atoms with E-state index in [2.05, 4.69) is 20.9 Å². The molecule has 0 fully saturated rings. The van der Waals surface area contributed by atoms with Gasteiger partial charge in [-0.3, -0.25) is 0 Å². The molecule has 0 aliphatic carbocycles. The Morgan fingerprint density at radius 1 is 1.26 bits per heavy atom. The van der Waals surface area contributed by atoms with E-state index in [1.165, 1.54) is 7.11 Å². The van der Waals surface area contributed by atoms with Gasteiger partial charge in [0.05, 0.1) is 7.11 Å². The minimum absolute atomic E-state index is 0.121. The lowest BCUT2D eigenvalue weighted by Crippen LogP contribution is -2.08. The molecule has 1 N–H and O–H groups in total. The van der Waals surface area contributed by atoms with E-state index in [0.29, 0.717) is 17.2 Å². The van der Waals surface area contributed by atoms with Crippen LogP contribution in [-0.2, 0) is 16.1 Å². The van der Waals surface area contributed by atoms with Crippen LogP contribution in [0.3, 0.4) is 0 Å². The van der Waals surface area contributed by atoms with E-state index in [1.54, 1.807) is 31.3 Å². The first kappa shape index (κ1) is 17.0. The van der Waals surface area contributed by atoms with Gasteiger partial charge in [-0.05, 0) is 40.0 Å². The van der Waals surface area contributed by atoms with Crippen LogP contribution in [0.15, 0.2) is 52.8 Å². The maximum absolute atomic E-state index is 11.6. The fourth-order valence-corrected chi connectivity index (χ4v) is 2.28. The number of hydrogen-bond acceptors (Lipinski definition) is 4. The van der Waals surface area contributed by atoms with Crippen LogP contribution >= 0.6 is 15.9 Å². The molecule has 0 aliphatic rings. The summed E-state index contributed by atoms with van der Waals surface area (Å²) in [7, 11) is 1.45. The highest BCUT2D eigenvalue weighted by Gasteiger charge is 2.18. The van der Waals surface area contributed by atoms with E-state index in [0.717, 1.165) is 10.0 Å². The number of aromatic nitrogens is 1. The minimum atomic E-state index is -1.04. The van der Waals surface area contributed by atoms with Crippen LogP contribution in [0.1, 0.15) is 18.1 Å². The Morgan fingerprint density at radius 2 is 2.00 bits per heavy atom. The third kappa shape index (κ3) is 4.32. The van der Waals surface area contributed by atoms with Crippen molar-refractivity contribution in [3.05, 3.63) is 64.0 Å². The van der Waals surface area contributed by atoms with E-state index in [4.69, 9.17) is 9.47 Å². The fourth-order valence-electron chi connectivity index (χ4n) is 2.05. The highest BCUT2D eigenvalue weighted by atomic mass is 79.9. The summed E-state index contributed by atoms with van der Waals surface area (Å²) in [6.45, 7) is 1.83. The van der Waals surface area contributed by atoms with Crippen molar-refractivity contribution in [2.45, 2.75) is 13.5 Å². The van der Waals surface area contributed by atoms with Crippen LogP contribution in [-0.4, -0.2) is 23.2 Å². The zero-order chi connectivity index (χ0) is 16.8. The normalized spacial score (nSPS) is 11.6. The molecule has 1 aromatic heterocycles. The largest absolute Gasteiger partial charge is 0.500 e. The van der Waals surface area contributed by atoms with Crippen LogP contribution in [0.25, 0.3) is 5.57 Å². The molecular weight excluding hydrogens is 362 g/mol. The number of rotatable bonds is 6. The van der Waals surface area contributed by atoms with E-state index in [1.807, 2.05) is 18.2 Å². The zero-order valence-corrected chi connectivity index (χ0v) is 14.3. The first-order valence-corrected chi connectivity index (χ1v) is 7.63. The van der Waals surface area contributed by atoms with E-state index >= 15 is 0 Å². The minimum Gasteiger partial charge on any atom is -0.500 e. The number of ether oxygens (including phenoxy) is 2. The van der Waals surface area contributed by atoms with Crippen molar-refractivity contribution in [1.29, 1.82) is 0 Å². The SMILES string of the molecule is CO/C(C)=C(/C(=O)O)c1ccccc1COc1ccc(Br)cn1. The number of carboxylic acids is 1. The van der Waals surface area contributed by atoms with Crippen LogP contribution < -0.4 is 4.74 Å². The van der Waals surface area contributed by atoms with Crippen molar-refractivity contribution in [3.8, 4) is 5.88 Å². The number of benzene rings is 1. The van der Waals surface area contributed by atoms with Crippen molar-refractivity contribution in [1.82, 2.24) is 4.98 Å². The fraction of sp³-hybridized carbons (Fsp3) is 0.176. The number of aliphatic carboxylic acids is 1. The maximum atomic E-state index is 11.6. The van der Waals surface area contributed by atoms with Gasteiger partial charge < -0.3 is 14.6 Å². The monoisotopic (exact) mass is 377 g/mol. The molecule has 1 heterocycles. The van der Waals surface area contributed by atoms with Gasteiger partial charge in [0.15, 0.2) is 0 Å². The van der Waals surface area contributed by atoms with Crippen molar-refractivity contribution in [2.24, 2.45) is 0 Å². The quantitative estimate of drug-likeness (QED) is 0.610. The molecule has 0 spiro atoms. The molecule has 2 rings (SSSR count). The molecule has 0 saturated carbocycles. The molecule has 0 amide bonds. The van der Waals surface area contributed by atoms with Gasteiger partial charge in [0, 0.05) is 16.7 Å². The number of carbonyl (C=O) groups is 1. The Labute approximate surface area is 142 Å². The van der Waals surface area contributed by atoms with Gasteiger partial charge in [0.2, 0.25) is 5.88 Å². The number of nitrogens with zero attached hydrogens (tertiary/aromatic N) is 1. The zero-order valence-electron chi connectivity index (χ0n) is 12.7. The summed E-state index contributed by atoms with van der Waals surface area (Å²) < 4.78 is 11.6. The molecule has 0 unspecified atom stereocenters. The molecule has 23 heavy (non-hydrogen) atoms. The Hall–Kier alpha value is -2.34. The van der Waals surface area contributed by atoms with Crippen LogP contribution in [0, 0.1) is 0 Å². The highest BCUT2D eigenvalue weighted by Crippen LogP contribution is 2.24. The average molecular weight is 378 g/mol. The van der Waals surface area contributed by atoms with Gasteiger partial charge in [-0.25, -0.2) is 9.78 Å². The van der Waals surface area contributed by atoms with Gasteiger partial charge in [-0.2, -0.15) is 0 Å². The number of methoxy groups -OCH3 is 1. The summed E-state index contributed by atoms with van der Waals surface area (Å²) in [4.78, 5) is 15.7. The number of halogens is 1. The molecule has 5 nitrogen and oxygen atoms in total. The summed E-state index contributed by atoms with van der Waals surface area (Å²) in [6.07, 6.45) is 1.64. The Kier molecular flexibility index (Phi) is 5.76. The summed E-state index contributed by atoms with van der Waals surface area (Å²) in [5, 5.41) is 9.47. The molecule has 0 radical (unpaired) electrons. The standard InChI is InChI=1S/C17H16BrNO4/c1-11(22-2)16(17(20)21)14-6-4-3-5-12(14)10-23-15-8-7-13(18)9-19-15/h3-9H,10H2,1-2H3,(H,20,21)/b16-11+. The predicted molar refractivity (Wildman–Crippen MR) is 89.9 cm³/mol. The number of allylic oxidation sites excluding steroid dienone is 1. The van der Waals surface area contributed by atoms with Gasteiger partial charge in [-0.1, -0.05) is 24.3 Å². The van der Waals surface area contributed by atoms with Crippen LogP contribution in [0.5, 0.6) is 5.88 Å². The van der Waals surface area contributed by atoms with Gasteiger partial charge in [0.1, 0.15) is 17.9 Å². The lowest BCUT2D eigenvalue weighted by molar-refractivity contribution is -0.130. The average Bonchev–Trinajstić information content (AvgIpc) is 2.55. The molecule has 2 aromatic rings. The molecule has 0 bridgehead atoms. The molecule has 0 saturated heterocycles. The highest BCUT2D eigenvalue weighted by molar-refractivity contribution is 9.10. The van der Waals surface area contributed by atoms with E-state index in [9.17, 15) is 9.90 Å². The third-order valence-electron chi connectivity index (χ3n) is 3.23. The summed E-state index contributed by atoms with van der Waals surface area (Å²) >= 11 is 3.31. The second-order valence-electron chi connectivity index (χ2n) is 4.70. The topological polar surface area (TPSA) is 68.7 Å². The molecule has 0 aliphatic heterocycles.